The van der Waals surface area contributed by atoms with E-state index in [1.54, 1.807) is 21.7 Å². The third-order valence-electron chi connectivity index (χ3n) is 4.94. The minimum atomic E-state index is -4.14. The van der Waals surface area contributed by atoms with E-state index in [1.165, 1.54) is 24.5 Å². The van der Waals surface area contributed by atoms with Crippen LogP contribution in [0.1, 0.15) is 34.7 Å². The SMILES string of the molecule is NS(=O)(=O)NC(=O)c1cccc2cn(-c3ccc(C4CCCNC4)cc3)nc12. The molecule has 0 radical (unpaired) electrons. The van der Waals surface area contributed by atoms with E-state index in [0.29, 0.717) is 11.4 Å². The van der Waals surface area contributed by atoms with Crippen molar-refractivity contribution in [2.24, 2.45) is 5.14 Å². The molecular formula is C19H21N5O3S. The van der Waals surface area contributed by atoms with Crippen molar-refractivity contribution in [3.05, 3.63) is 59.8 Å². The first-order chi connectivity index (χ1) is 13.4. The van der Waals surface area contributed by atoms with Gasteiger partial charge in [0.25, 0.3) is 16.1 Å². The summed E-state index contributed by atoms with van der Waals surface area (Å²) in [6.45, 7) is 2.07. The van der Waals surface area contributed by atoms with E-state index in [9.17, 15) is 13.2 Å². The standard InChI is InChI=1S/C19H21N5O3S/c20-28(26,27)23-19(25)17-5-1-3-15-12-24(22-18(15)17)16-8-6-13(7-9-16)14-4-2-10-21-11-14/h1,3,5-9,12,14,21H,2,4,10-11H2,(H,23,25)(H2,20,26,27). The summed E-state index contributed by atoms with van der Waals surface area (Å²) < 4.78 is 25.8. The van der Waals surface area contributed by atoms with Crippen molar-refractivity contribution in [3.8, 4) is 5.69 Å². The molecule has 0 spiro atoms. The average Bonchev–Trinajstić information content (AvgIpc) is 3.12. The van der Waals surface area contributed by atoms with Crippen molar-refractivity contribution in [1.29, 1.82) is 0 Å². The fourth-order valence-electron chi connectivity index (χ4n) is 3.58. The number of piperidine rings is 1. The van der Waals surface area contributed by atoms with Gasteiger partial charge >= 0.3 is 0 Å². The van der Waals surface area contributed by atoms with Crippen LogP contribution in [-0.4, -0.2) is 37.2 Å². The van der Waals surface area contributed by atoms with Gasteiger partial charge in [-0.15, -0.1) is 0 Å². The molecule has 2 heterocycles. The Morgan fingerprint density at radius 2 is 2.00 bits per heavy atom. The van der Waals surface area contributed by atoms with Crippen LogP contribution in [0, 0.1) is 0 Å². The van der Waals surface area contributed by atoms with E-state index >= 15 is 0 Å². The number of nitrogens with two attached hydrogens (primary N) is 1. The summed E-state index contributed by atoms with van der Waals surface area (Å²) in [6, 6.07) is 13.2. The Morgan fingerprint density at radius 3 is 2.68 bits per heavy atom. The van der Waals surface area contributed by atoms with E-state index in [-0.39, 0.29) is 5.56 Å². The lowest BCUT2D eigenvalue weighted by Crippen LogP contribution is -2.36. The Morgan fingerprint density at radius 1 is 1.21 bits per heavy atom. The number of nitrogens with zero attached hydrogens (tertiary/aromatic N) is 2. The van der Waals surface area contributed by atoms with Gasteiger partial charge in [-0.1, -0.05) is 24.3 Å². The molecule has 1 unspecified atom stereocenters. The lowest BCUT2D eigenvalue weighted by atomic mass is 9.92. The van der Waals surface area contributed by atoms with Crippen LogP contribution in [0.25, 0.3) is 16.6 Å². The summed E-state index contributed by atoms with van der Waals surface area (Å²) in [5, 5.41) is 13.5. The Bertz CT molecular complexity index is 1120. The van der Waals surface area contributed by atoms with Crippen LogP contribution in [0.15, 0.2) is 48.7 Å². The quantitative estimate of drug-likeness (QED) is 0.613. The first kappa shape index (κ1) is 18.6. The van der Waals surface area contributed by atoms with Crippen molar-refractivity contribution < 1.29 is 13.2 Å². The van der Waals surface area contributed by atoms with E-state index < -0.39 is 16.1 Å². The summed E-state index contributed by atoms with van der Waals surface area (Å²) in [5.74, 6) is -0.286. The van der Waals surface area contributed by atoms with Gasteiger partial charge in [0, 0.05) is 18.1 Å². The number of carbonyl (C=O) groups is 1. The predicted octanol–water partition coefficient (Wildman–Crippen LogP) is 1.43. The van der Waals surface area contributed by atoms with E-state index in [4.69, 9.17) is 5.14 Å². The second kappa shape index (κ2) is 7.34. The van der Waals surface area contributed by atoms with E-state index in [1.807, 2.05) is 18.2 Å². The van der Waals surface area contributed by atoms with Crippen molar-refractivity contribution in [1.82, 2.24) is 19.8 Å². The molecule has 9 heteroatoms. The number of fused-ring (bicyclic) bond motifs is 1. The molecule has 1 amide bonds. The van der Waals surface area contributed by atoms with Gasteiger partial charge < -0.3 is 5.32 Å². The molecule has 1 aliphatic rings. The van der Waals surface area contributed by atoms with Crippen LogP contribution in [0.2, 0.25) is 0 Å². The summed E-state index contributed by atoms with van der Waals surface area (Å²) in [7, 11) is -4.14. The lowest BCUT2D eigenvalue weighted by Gasteiger charge is -2.23. The predicted molar refractivity (Wildman–Crippen MR) is 106 cm³/mol. The maximum atomic E-state index is 12.2. The lowest BCUT2D eigenvalue weighted by molar-refractivity contribution is 0.0983. The number of hydrogen-bond donors (Lipinski definition) is 3. The molecule has 1 fully saturated rings. The first-order valence-corrected chi connectivity index (χ1v) is 10.6. The molecule has 0 saturated carbocycles. The molecule has 0 aliphatic carbocycles. The van der Waals surface area contributed by atoms with Gasteiger partial charge in [-0.2, -0.15) is 13.5 Å². The molecule has 1 aromatic heterocycles. The molecule has 4 N–H and O–H groups in total. The van der Waals surface area contributed by atoms with Crippen LogP contribution < -0.4 is 15.2 Å². The Hall–Kier alpha value is -2.75. The summed E-state index contributed by atoms with van der Waals surface area (Å²) in [4.78, 5) is 12.2. The molecule has 3 aromatic rings. The fourth-order valence-corrected chi connectivity index (χ4v) is 3.95. The van der Waals surface area contributed by atoms with Crippen LogP contribution in [-0.2, 0) is 10.2 Å². The monoisotopic (exact) mass is 399 g/mol. The van der Waals surface area contributed by atoms with Crippen molar-refractivity contribution in [2.45, 2.75) is 18.8 Å². The molecule has 8 nitrogen and oxygen atoms in total. The summed E-state index contributed by atoms with van der Waals surface area (Å²) in [5.41, 5.74) is 2.71. The van der Waals surface area contributed by atoms with Crippen LogP contribution in [0.3, 0.4) is 0 Å². The van der Waals surface area contributed by atoms with Crippen LogP contribution in [0.4, 0.5) is 0 Å². The molecule has 0 bridgehead atoms. The molecule has 28 heavy (non-hydrogen) atoms. The number of nitrogens with one attached hydrogen (secondary N) is 2. The highest BCUT2D eigenvalue weighted by molar-refractivity contribution is 7.87. The van der Waals surface area contributed by atoms with Crippen molar-refractivity contribution >= 4 is 27.0 Å². The van der Waals surface area contributed by atoms with Crippen molar-refractivity contribution in [2.75, 3.05) is 13.1 Å². The maximum Gasteiger partial charge on any atom is 0.298 e. The molecular weight excluding hydrogens is 378 g/mol. The molecule has 1 saturated heterocycles. The minimum absolute atomic E-state index is 0.148. The average molecular weight is 399 g/mol. The Kier molecular flexibility index (Phi) is 4.88. The molecule has 4 rings (SSSR count). The number of rotatable bonds is 4. The number of benzene rings is 2. The third-order valence-corrected chi connectivity index (χ3v) is 5.41. The Labute approximate surface area is 162 Å². The highest BCUT2D eigenvalue weighted by atomic mass is 32.2. The highest BCUT2D eigenvalue weighted by Gasteiger charge is 2.18. The third kappa shape index (κ3) is 3.91. The number of amides is 1. The largest absolute Gasteiger partial charge is 0.316 e. The van der Waals surface area contributed by atoms with Gasteiger partial charge in [0.15, 0.2) is 0 Å². The summed E-state index contributed by atoms with van der Waals surface area (Å²) >= 11 is 0. The topological polar surface area (TPSA) is 119 Å². The fraction of sp³-hybridized carbons (Fsp3) is 0.263. The van der Waals surface area contributed by atoms with Crippen LogP contribution in [0.5, 0.6) is 0 Å². The Balaban J connectivity index is 1.64. The van der Waals surface area contributed by atoms with Gasteiger partial charge in [-0.05, 0) is 49.1 Å². The minimum Gasteiger partial charge on any atom is -0.316 e. The molecule has 146 valence electrons. The van der Waals surface area contributed by atoms with Gasteiger partial charge in [0.2, 0.25) is 0 Å². The van der Waals surface area contributed by atoms with Crippen molar-refractivity contribution in [3.63, 3.8) is 0 Å². The van der Waals surface area contributed by atoms with E-state index in [2.05, 4.69) is 22.5 Å². The molecule has 2 aromatic carbocycles. The number of aromatic nitrogens is 2. The van der Waals surface area contributed by atoms with Gasteiger partial charge in [-0.3, -0.25) is 4.79 Å². The zero-order valence-electron chi connectivity index (χ0n) is 15.1. The summed E-state index contributed by atoms with van der Waals surface area (Å²) in [6.07, 6.45) is 4.17. The zero-order chi connectivity index (χ0) is 19.7. The highest BCUT2D eigenvalue weighted by Crippen LogP contribution is 2.25. The second-order valence-electron chi connectivity index (χ2n) is 6.93. The zero-order valence-corrected chi connectivity index (χ0v) is 15.9. The van der Waals surface area contributed by atoms with Gasteiger partial charge in [0.05, 0.1) is 11.3 Å². The molecule has 1 aliphatic heterocycles. The normalized spacial score (nSPS) is 17.5. The molecule has 1 atom stereocenters. The number of hydrogen-bond acceptors (Lipinski definition) is 5. The number of carbonyl (C=O) groups excluding carboxylic acids is 1. The van der Waals surface area contributed by atoms with Gasteiger partial charge in [-0.25, -0.2) is 14.5 Å². The second-order valence-corrected chi connectivity index (χ2v) is 8.22. The maximum absolute atomic E-state index is 12.2. The van der Waals surface area contributed by atoms with Crippen LogP contribution >= 0.6 is 0 Å². The smallest absolute Gasteiger partial charge is 0.298 e. The first-order valence-electron chi connectivity index (χ1n) is 9.05. The van der Waals surface area contributed by atoms with E-state index in [0.717, 1.165) is 24.2 Å². The van der Waals surface area contributed by atoms with Gasteiger partial charge in [0.1, 0.15) is 5.52 Å².